The van der Waals surface area contributed by atoms with Gasteiger partial charge in [0.2, 0.25) is 0 Å². The largest absolute Gasteiger partial charge is 0.507 e. The zero-order valence-electron chi connectivity index (χ0n) is 15.6. The number of aryl methyl sites for hydroxylation is 1. The van der Waals surface area contributed by atoms with Gasteiger partial charge in [0, 0.05) is 16.1 Å². The SMILES string of the molecule is CCc1ccc(N2C(=O)C(=O)/C(=C(\O)c3ccc(F)cc3)C2c2cccs2)cc1. The normalized spacial score (nSPS) is 18.4. The highest BCUT2D eigenvalue weighted by Gasteiger charge is 2.47. The molecule has 0 aliphatic carbocycles. The minimum atomic E-state index is -0.759. The minimum absolute atomic E-state index is 0.00336. The van der Waals surface area contributed by atoms with Gasteiger partial charge < -0.3 is 5.11 Å². The lowest BCUT2D eigenvalue weighted by Crippen LogP contribution is -2.29. The van der Waals surface area contributed by atoms with Crippen molar-refractivity contribution >= 4 is 34.5 Å². The van der Waals surface area contributed by atoms with Gasteiger partial charge in [-0.1, -0.05) is 25.1 Å². The Balaban J connectivity index is 1.88. The lowest BCUT2D eigenvalue weighted by atomic mass is 9.99. The topological polar surface area (TPSA) is 57.6 Å². The van der Waals surface area contributed by atoms with Crippen molar-refractivity contribution in [3.8, 4) is 0 Å². The molecule has 1 atom stereocenters. The van der Waals surface area contributed by atoms with Crippen molar-refractivity contribution in [1.29, 1.82) is 0 Å². The number of rotatable bonds is 4. The van der Waals surface area contributed by atoms with Gasteiger partial charge in [0.15, 0.2) is 0 Å². The lowest BCUT2D eigenvalue weighted by molar-refractivity contribution is -0.132. The lowest BCUT2D eigenvalue weighted by Gasteiger charge is -2.24. The molecular formula is C23H18FNO3S. The Hall–Kier alpha value is -3.25. The average Bonchev–Trinajstić information content (AvgIpc) is 3.35. The number of ketones is 1. The van der Waals surface area contributed by atoms with Crippen LogP contribution in [0.15, 0.2) is 71.6 Å². The number of amides is 1. The van der Waals surface area contributed by atoms with E-state index in [4.69, 9.17) is 0 Å². The maximum atomic E-state index is 13.3. The van der Waals surface area contributed by atoms with Gasteiger partial charge in [-0.25, -0.2) is 4.39 Å². The van der Waals surface area contributed by atoms with Crippen LogP contribution in [0.4, 0.5) is 10.1 Å². The van der Waals surface area contributed by atoms with E-state index in [0.29, 0.717) is 5.69 Å². The molecule has 2 aromatic carbocycles. The summed E-state index contributed by atoms with van der Waals surface area (Å²) in [5.41, 5.74) is 1.99. The van der Waals surface area contributed by atoms with E-state index < -0.39 is 23.5 Å². The van der Waals surface area contributed by atoms with Gasteiger partial charge in [-0.05, 0) is 59.8 Å². The van der Waals surface area contributed by atoms with Crippen molar-refractivity contribution in [2.24, 2.45) is 0 Å². The molecule has 4 rings (SSSR count). The van der Waals surface area contributed by atoms with Gasteiger partial charge in [0.05, 0.1) is 5.57 Å². The Morgan fingerprint density at radius 3 is 2.34 bits per heavy atom. The number of Topliss-reactive ketones (excluding diaryl/α,β-unsaturated/α-hetero) is 1. The van der Waals surface area contributed by atoms with Gasteiger partial charge in [-0.15, -0.1) is 11.3 Å². The number of hydrogen-bond donors (Lipinski definition) is 1. The predicted molar refractivity (Wildman–Crippen MR) is 111 cm³/mol. The molecule has 29 heavy (non-hydrogen) atoms. The maximum absolute atomic E-state index is 13.3. The van der Waals surface area contributed by atoms with Gasteiger partial charge >= 0.3 is 0 Å². The molecule has 1 aromatic heterocycles. The summed E-state index contributed by atoms with van der Waals surface area (Å²) in [7, 11) is 0. The predicted octanol–water partition coefficient (Wildman–Crippen LogP) is 5.08. The molecule has 1 amide bonds. The molecule has 2 heterocycles. The molecule has 0 spiro atoms. The fraction of sp³-hybridized carbons (Fsp3) is 0.130. The first kappa shape index (κ1) is 19.1. The van der Waals surface area contributed by atoms with Crippen molar-refractivity contribution < 1.29 is 19.1 Å². The number of thiophene rings is 1. The second-order valence-electron chi connectivity index (χ2n) is 6.71. The highest BCUT2D eigenvalue weighted by atomic mass is 32.1. The Kier molecular flexibility index (Phi) is 5.03. The molecule has 1 saturated heterocycles. The Bertz CT molecular complexity index is 1090. The van der Waals surface area contributed by atoms with Crippen LogP contribution in [0.5, 0.6) is 0 Å². The third-order valence-corrected chi connectivity index (χ3v) is 5.92. The van der Waals surface area contributed by atoms with Gasteiger partial charge in [0.25, 0.3) is 11.7 Å². The van der Waals surface area contributed by atoms with Crippen molar-refractivity contribution in [3.05, 3.63) is 93.4 Å². The van der Waals surface area contributed by atoms with Gasteiger partial charge in [-0.3, -0.25) is 14.5 Å². The molecule has 3 aromatic rings. The van der Waals surface area contributed by atoms with Crippen LogP contribution >= 0.6 is 11.3 Å². The zero-order chi connectivity index (χ0) is 20.5. The molecular weight excluding hydrogens is 389 g/mol. The van der Waals surface area contributed by atoms with E-state index in [2.05, 4.69) is 0 Å². The molecule has 1 aliphatic heterocycles. The van der Waals surface area contributed by atoms with Crippen LogP contribution in [0.3, 0.4) is 0 Å². The second kappa shape index (κ2) is 7.64. The minimum Gasteiger partial charge on any atom is -0.507 e. The van der Waals surface area contributed by atoms with Crippen molar-refractivity contribution in [2.75, 3.05) is 4.90 Å². The number of carbonyl (C=O) groups is 2. The number of nitrogens with zero attached hydrogens (tertiary/aromatic N) is 1. The molecule has 1 fully saturated rings. The van der Waals surface area contributed by atoms with E-state index in [1.54, 1.807) is 0 Å². The molecule has 0 bridgehead atoms. The molecule has 1 N–H and O–H groups in total. The summed E-state index contributed by atoms with van der Waals surface area (Å²) in [6.45, 7) is 2.04. The van der Waals surface area contributed by atoms with Crippen LogP contribution in [-0.2, 0) is 16.0 Å². The molecule has 1 unspecified atom stereocenters. The van der Waals surface area contributed by atoms with Gasteiger partial charge in [0.1, 0.15) is 17.6 Å². The van der Waals surface area contributed by atoms with Crippen molar-refractivity contribution in [3.63, 3.8) is 0 Å². The first-order valence-corrected chi connectivity index (χ1v) is 10.1. The number of aliphatic hydroxyl groups excluding tert-OH is 1. The van der Waals surface area contributed by atoms with Crippen molar-refractivity contribution in [2.45, 2.75) is 19.4 Å². The highest BCUT2D eigenvalue weighted by molar-refractivity contribution is 7.10. The standard InChI is InChI=1S/C23H18FNO3S/c1-2-14-5-11-17(12-6-14)25-20(18-4-3-13-29-18)19(22(27)23(25)28)21(26)15-7-9-16(24)10-8-15/h3-13,20,26H,2H2,1H3/b21-19-. The summed E-state index contributed by atoms with van der Waals surface area (Å²) >= 11 is 1.40. The molecule has 1 aliphatic rings. The van der Waals surface area contributed by atoms with Gasteiger partial charge in [-0.2, -0.15) is 0 Å². The first-order valence-electron chi connectivity index (χ1n) is 9.20. The van der Waals surface area contributed by atoms with E-state index in [9.17, 15) is 19.1 Å². The van der Waals surface area contributed by atoms with Crippen LogP contribution in [0.1, 0.15) is 29.0 Å². The third-order valence-electron chi connectivity index (χ3n) is 5.00. The molecule has 0 radical (unpaired) electrons. The van der Waals surface area contributed by atoms with Crippen LogP contribution in [0, 0.1) is 5.82 Å². The second-order valence-corrected chi connectivity index (χ2v) is 7.69. The quantitative estimate of drug-likeness (QED) is 0.373. The molecule has 4 nitrogen and oxygen atoms in total. The smallest absolute Gasteiger partial charge is 0.300 e. The molecule has 146 valence electrons. The van der Waals surface area contributed by atoms with Crippen LogP contribution in [0.25, 0.3) is 5.76 Å². The fourth-order valence-corrected chi connectivity index (χ4v) is 4.29. The van der Waals surface area contributed by atoms with E-state index >= 15 is 0 Å². The van der Waals surface area contributed by atoms with E-state index in [0.717, 1.165) is 16.9 Å². The zero-order valence-corrected chi connectivity index (χ0v) is 16.4. The van der Waals surface area contributed by atoms with Crippen LogP contribution in [-0.4, -0.2) is 16.8 Å². The number of halogens is 1. The Morgan fingerprint density at radius 2 is 1.76 bits per heavy atom. The highest BCUT2D eigenvalue weighted by Crippen LogP contribution is 2.43. The average molecular weight is 407 g/mol. The van der Waals surface area contributed by atoms with E-state index in [-0.39, 0.29) is 16.9 Å². The van der Waals surface area contributed by atoms with E-state index in [1.165, 1.54) is 40.5 Å². The summed E-state index contributed by atoms with van der Waals surface area (Å²) in [5.74, 6) is -2.22. The summed E-state index contributed by atoms with van der Waals surface area (Å²) in [6, 6.07) is 15.5. The number of hydrogen-bond acceptors (Lipinski definition) is 4. The monoisotopic (exact) mass is 407 g/mol. The molecule has 0 saturated carbocycles. The summed E-state index contributed by atoms with van der Waals surface area (Å²) in [5, 5.41) is 12.7. The van der Waals surface area contributed by atoms with Crippen LogP contribution < -0.4 is 4.90 Å². The Morgan fingerprint density at radius 1 is 1.07 bits per heavy atom. The summed E-state index contributed by atoms with van der Waals surface area (Å²) < 4.78 is 13.3. The van der Waals surface area contributed by atoms with E-state index in [1.807, 2.05) is 48.7 Å². The fourth-order valence-electron chi connectivity index (χ4n) is 3.47. The Labute approximate surface area is 171 Å². The third kappa shape index (κ3) is 3.36. The number of aliphatic hydroxyl groups is 1. The van der Waals surface area contributed by atoms with Crippen molar-refractivity contribution in [1.82, 2.24) is 0 Å². The summed E-state index contributed by atoms with van der Waals surface area (Å²) in [6.07, 6.45) is 0.859. The number of carbonyl (C=O) groups excluding carboxylic acids is 2. The first-order chi connectivity index (χ1) is 14.0. The molecule has 6 heteroatoms. The number of benzene rings is 2. The maximum Gasteiger partial charge on any atom is 0.300 e. The summed E-state index contributed by atoms with van der Waals surface area (Å²) in [4.78, 5) is 28.0. The van der Waals surface area contributed by atoms with Crippen LogP contribution in [0.2, 0.25) is 0 Å². The number of anilines is 1.